The fourth-order valence-electron chi connectivity index (χ4n) is 3.52. The quantitative estimate of drug-likeness (QED) is 0.548. The van der Waals surface area contributed by atoms with Gasteiger partial charge in [0.15, 0.2) is 11.9 Å². The van der Waals surface area contributed by atoms with Crippen molar-refractivity contribution < 1.29 is 24.4 Å². The number of carboxylic acid groups (broad SMARTS) is 1. The number of anilines is 1. The Morgan fingerprint density at radius 2 is 1.90 bits per heavy atom. The number of ether oxygens (including phenoxy) is 1. The van der Waals surface area contributed by atoms with Gasteiger partial charge in [-0.3, -0.25) is 19.8 Å². The van der Waals surface area contributed by atoms with Crippen molar-refractivity contribution in [3.05, 3.63) is 63.7 Å². The first-order valence-corrected chi connectivity index (χ1v) is 9.75. The van der Waals surface area contributed by atoms with Crippen LogP contribution in [-0.4, -0.2) is 34.1 Å². The number of fused-ring (bicyclic) bond motifs is 1. The van der Waals surface area contributed by atoms with Gasteiger partial charge in [0.2, 0.25) is 0 Å². The highest BCUT2D eigenvalue weighted by Crippen LogP contribution is 2.40. The lowest BCUT2D eigenvalue weighted by molar-refractivity contribution is -0.384. The summed E-state index contributed by atoms with van der Waals surface area (Å²) in [6.07, 6.45) is -0.247. The Balaban J connectivity index is 1.98. The summed E-state index contributed by atoms with van der Waals surface area (Å²) in [6.45, 7) is 5.54. The van der Waals surface area contributed by atoms with Gasteiger partial charge in [0.25, 0.3) is 11.6 Å². The van der Waals surface area contributed by atoms with Gasteiger partial charge in [-0.05, 0) is 37.3 Å². The molecule has 1 heterocycles. The summed E-state index contributed by atoms with van der Waals surface area (Å²) in [6, 6.07) is 10.5. The number of hydrogen-bond acceptors (Lipinski definition) is 5. The molecule has 0 aromatic heterocycles. The van der Waals surface area contributed by atoms with Crippen molar-refractivity contribution in [2.24, 2.45) is 5.92 Å². The second-order valence-corrected chi connectivity index (χ2v) is 7.78. The molecule has 0 radical (unpaired) electrons. The third-order valence-electron chi connectivity index (χ3n) is 5.18. The fourth-order valence-corrected chi connectivity index (χ4v) is 3.52. The van der Waals surface area contributed by atoms with Crippen LogP contribution in [-0.2, 0) is 16.0 Å². The summed E-state index contributed by atoms with van der Waals surface area (Å²) in [7, 11) is 0. The Labute approximate surface area is 174 Å². The largest absolute Gasteiger partial charge is 0.480 e. The molecule has 0 saturated heterocycles. The zero-order chi connectivity index (χ0) is 22.0. The number of carboxylic acids is 1. The highest BCUT2D eigenvalue weighted by atomic mass is 16.6. The first kappa shape index (κ1) is 21.3. The Morgan fingerprint density at radius 1 is 1.23 bits per heavy atom. The van der Waals surface area contributed by atoms with Crippen LogP contribution in [0.4, 0.5) is 11.4 Å². The van der Waals surface area contributed by atoms with Crippen molar-refractivity contribution >= 4 is 23.3 Å². The van der Waals surface area contributed by atoms with Gasteiger partial charge < -0.3 is 9.84 Å². The van der Waals surface area contributed by atoms with Crippen molar-refractivity contribution in [2.45, 2.75) is 45.8 Å². The molecule has 2 aromatic carbocycles. The standard InChI is InChI=1S/C22H24N2O6/c1-13(2)20-21(25)23(17-11-9-16(24(28)29)12-19(17)30-20)18(22(26)27)10-8-15-6-4-14(3)5-7-15/h4-7,9,11-13,18,20H,8,10H2,1-3H3,(H,26,27). The number of benzene rings is 2. The average molecular weight is 412 g/mol. The van der Waals surface area contributed by atoms with E-state index in [2.05, 4.69) is 0 Å². The van der Waals surface area contributed by atoms with E-state index in [1.54, 1.807) is 13.8 Å². The molecule has 2 unspecified atom stereocenters. The van der Waals surface area contributed by atoms with Gasteiger partial charge in [-0.15, -0.1) is 0 Å². The number of aryl methyl sites for hydroxylation is 2. The van der Waals surface area contributed by atoms with Crippen LogP contribution in [0.2, 0.25) is 0 Å². The molecular weight excluding hydrogens is 388 g/mol. The van der Waals surface area contributed by atoms with Gasteiger partial charge in [-0.1, -0.05) is 43.7 Å². The monoisotopic (exact) mass is 412 g/mol. The van der Waals surface area contributed by atoms with Crippen LogP contribution < -0.4 is 9.64 Å². The van der Waals surface area contributed by atoms with Crippen molar-refractivity contribution in [3.63, 3.8) is 0 Å². The minimum atomic E-state index is -1.14. The van der Waals surface area contributed by atoms with Crippen molar-refractivity contribution in [3.8, 4) is 5.75 Å². The van der Waals surface area contributed by atoms with Gasteiger partial charge in [-0.2, -0.15) is 0 Å². The third-order valence-corrected chi connectivity index (χ3v) is 5.18. The molecule has 0 aliphatic carbocycles. The van der Waals surface area contributed by atoms with Crippen LogP contribution in [0, 0.1) is 23.0 Å². The first-order valence-electron chi connectivity index (χ1n) is 9.75. The smallest absolute Gasteiger partial charge is 0.326 e. The second-order valence-electron chi connectivity index (χ2n) is 7.78. The van der Waals surface area contributed by atoms with E-state index in [0.29, 0.717) is 6.42 Å². The van der Waals surface area contributed by atoms with Gasteiger partial charge in [-0.25, -0.2) is 4.79 Å². The third kappa shape index (κ3) is 4.27. The predicted octanol–water partition coefficient (Wildman–Crippen LogP) is 3.74. The van der Waals surface area contributed by atoms with E-state index in [0.717, 1.165) is 11.1 Å². The van der Waals surface area contributed by atoms with Gasteiger partial charge >= 0.3 is 5.97 Å². The van der Waals surface area contributed by atoms with Crippen molar-refractivity contribution in [2.75, 3.05) is 4.90 Å². The Morgan fingerprint density at radius 3 is 2.47 bits per heavy atom. The van der Waals surface area contributed by atoms with Gasteiger partial charge in [0, 0.05) is 6.07 Å². The highest BCUT2D eigenvalue weighted by molar-refractivity contribution is 6.04. The Hall–Kier alpha value is -3.42. The lowest BCUT2D eigenvalue weighted by atomic mass is 9.98. The molecule has 0 spiro atoms. The average Bonchev–Trinajstić information content (AvgIpc) is 2.69. The number of carbonyl (C=O) groups excluding carboxylic acids is 1. The molecule has 8 nitrogen and oxygen atoms in total. The number of carbonyl (C=O) groups is 2. The number of non-ortho nitro benzene ring substituents is 1. The minimum absolute atomic E-state index is 0.143. The molecule has 3 rings (SSSR count). The lowest BCUT2D eigenvalue weighted by Gasteiger charge is -2.38. The number of aliphatic carboxylic acids is 1. The number of hydrogen-bond donors (Lipinski definition) is 1. The van der Waals surface area contributed by atoms with E-state index in [1.807, 2.05) is 31.2 Å². The molecule has 0 saturated carbocycles. The van der Waals surface area contributed by atoms with E-state index >= 15 is 0 Å². The van der Waals surface area contributed by atoms with Gasteiger partial charge in [0.1, 0.15) is 6.04 Å². The molecule has 1 aliphatic heterocycles. The van der Waals surface area contributed by atoms with Crippen molar-refractivity contribution in [1.29, 1.82) is 0 Å². The van der Waals surface area contributed by atoms with Gasteiger partial charge in [0.05, 0.1) is 16.7 Å². The normalized spacial score (nSPS) is 16.7. The predicted molar refractivity (Wildman–Crippen MR) is 111 cm³/mol. The van der Waals surface area contributed by atoms with E-state index in [9.17, 15) is 24.8 Å². The maximum atomic E-state index is 13.2. The van der Waals surface area contributed by atoms with Crippen LogP contribution >= 0.6 is 0 Å². The van der Waals surface area contributed by atoms with E-state index in [-0.39, 0.29) is 29.5 Å². The van der Waals surface area contributed by atoms with Crippen LogP contribution in [0.15, 0.2) is 42.5 Å². The SMILES string of the molecule is Cc1ccc(CCC(C(=O)O)N2C(=O)C(C(C)C)Oc3cc([N+](=O)[O-])ccc32)cc1. The number of amides is 1. The number of nitro groups is 1. The van der Waals surface area contributed by atoms with Crippen molar-refractivity contribution in [1.82, 2.24) is 0 Å². The molecular formula is C22H24N2O6. The molecule has 1 N–H and O–H groups in total. The molecule has 0 fully saturated rings. The Bertz CT molecular complexity index is 970. The van der Waals surface area contributed by atoms with E-state index in [1.165, 1.54) is 23.1 Å². The molecule has 30 heavy (non-hydrogen) atoms. The van der Waals surface area contributed by atoms with E-state index in [4.69, 9.17) is 4.74 Å². The van der Waals surface area contributed by atoms with Crippen LogP contribution in [0.25, 0.3) is 0 Å². The lowest BCUT2D eigenvalue weighted by Crippen LogP contribution is -2.55. The summed E-state index contributed by atoms with van der Waals surface area (Å²) in [5.41, 5.74) is 2.12. The zero-order valence-electron chi connectivity index (χ0n) is 17.1. The highest BCUT2D eigenvalue weighted by Gasteiger charge is 2.42. The van der Waals surface area contributed by atoms with E-state index < -0.39 is 28.9 Å². The zero-order valence-corrected chi connectivity index (χ0v) is 17.1. The molecule has 158 valence electrons. The van der Waals surface area contributed by atoms with Crippen LogP contribution in [0.1, 0.15) is 31.4 Å². The second kappa shape index (κ2) is 8.52. The molecule has 8 heteroatoms. The number of nitrogens with zero attached hydrogens (tertiary/aromatic N) is 2. The maximum Gasteiger partial charge on any atom is 0.326 e. The Kier molecular flexibility index (Phi) is 6.05. The van der Waals surface area contributed by atoms with Crippen LogP contribution in [0.3, 0.4) is 0 Å². The summed E-state index contributed by atoms with van der Waals surface area (Å²) < 4.78 is 5.74. The molecule has 2 aromatic rings. The summed E-state index contributed by atoms with van der Waals surface area (Å²) in [4.78, 5) is 37.1. The topological polar surface area (TPSA) is 110 Å². The number of rotatable bonds is 7. The summed E-state index contributed by atoms with van der Waals surface area (Å²) >= 11 is 0. The molecule has 0 bridgehead atoms. The van der Waals surface area contributed by atoms with Crippen LogP contribution in [0.5, 0.6) is 5.75 Å². The number of nitro benzene ring substituents is 1. The first-order chi connectivity index (χ1) is 14.2. The molecule has 2 atom stereocenters. The summed E-state index contributed by atoms with van der Waals surface area (Å²) in [5.74, 6) is -1.69. The minimum Gasteiger partial charge on any atom is -0.480 e. The molecule has 1 amide bonds. The maximum absolute atomic E-state index is 13.2. The fraction of sp³-hybridized carbons (Fsp3) is 0.364. The summed E-state index contributed by atoms with van der Waals surface area (Å²) in [5, 5.41) is 21.1. The molecule has 1 aliphatic rings.